The van der Waals surface area contributed by atoms with Crippen molar-refractivity contribution in [2.24, 2.45) is 5.41 Å². The number of fused-ring (bicyclic) bond motifs is 6. The van der Waals surface area contributed by atoms with Gasteiger partial charge in [-0.1, -0.05) is 139 Å². The largest absolute Gasteiger partial charge is 0.0908 e. The van der Waals surface area contributed by atoms with Crippen molar-refractivity contribution in [3.8, 4) is 0 Å². The molecule has 0 N–H and O–H groups in total. The minimum absolute atomic E-state index is 0.0306. The molecule has 0 nitrogen and oxygen atoms in total. The number of rotatable bonds is 1. The van der Waals surface area contributed by atoms with Gasteiger partial charge < -0.3 is 0 Å². The minimum atomic E-state index is -0.305. The van der Waals surface area contributed by atoms with Crippen LogP contribution in [0.25, 0.3) is 11.1 Å². The Morgan fingerprint density at radius 3 is 1.94 bits per heavy atom. The lowest BCUT2D eigenvalue weighted by Gasteiger charge is -2.32. The highest BCUT2D eigenvalue weighted by molar-refractivity contribution is 6.01. The lowest BCUT2D eigenvalue weighted by molar-refractivity contribution is 0.625. The molecule has 0 heterocycles. The van der Waals surface area contributed by atoms with E-state index in [1.54, 1.807) is 0 Å². The topological polar surface area (TPSA) is 0 Å². The van der Waals surface area contributed by atoms with E-state index in [1.807, 2.05) is 27.7 Å². The van der Waals surface area contributed by atoms with Gasteiger partial charge in [0.1, 0.15) is 0 Å². The number of allylic oxidation sites excluding steroid dienone is 11. The summed E-state index contributed by atoms with van der Waals surface area (Å²) in [5.41, 5.74) is 10.1. The van der Waals surface area contributed by atoms with Crippen molar-refractivity contribution in [3.63, 3.8) is 0 Å². The van der Waals surface area contributed by atoms with Gasteiger partial charge in [-0.25, -0.2) is 0 Å². The van der Waals surface area contributed by atoms with Crippen LogP contribution in [-0.4, -0.2) is 0 Å². The Bertz CT molecular complexity index is 1190. The van der Waals surface area contributed by atoms with Crippen molar-refractivity contribution < 1.29 is 0 Å². The van der Waals surface area contributed by atoms with Crippen LogP contribution in [0.15, 0.2) is 109 Å². The smallest absolute Gasteiger partial charge is 0.0725 e. The monoisotopic (exact) mass is 434 g/mol. The number of benzene rings is 2. The summed E-state index contributed by atoms with van der Waals surface area (Å²) in [6.07, 6.45) is 15.9. The first-order valence-electron chi connectivity index (χ1n) is 12.4. The van der Waals surface area contributed by atoms with E-state index in [0.717, 1.165) is 5.57 Å². The molecule has 1 atom stereocenters. The number of hydrogen-bond acceptors (Lipinski definition) is 0. The molecule has 1 spiro atoms. The molecule has 33 heavy (non-hydrogen) atoms. The molecule has 2 aromatic carbocycles. The average Bonchev–Trinajstić information content (AvgIpc) is 3.20. The summed E-state index contributed by atoms with van der Waals surface area (Å²) in [6, 6.07) is 17.7. The molecule has 0 saturated heterocycles. The zero-order valence-corrected chi connectivity index (χ0v) is 21.4. The van der Waals surface area contributed by atoms with E-state index in [1.165, 1.54) is 39.0 Å². The van der Waals surface area contributed by atoms with E-state index in [2.05, 4.69) is 118 Å². The highest BCUT2D eigenvalue weighted by Gasteiger charge is 2.53. The highest BCUT2D eigenvalue weighted by Crippen LogP contribution is 2.63. The molecule has 0 aromatic heterocycles. The van der Waals surface area contributed by atoms with Crippen molar-refractivity contribution >= 4 is 11.1 Å². The minimum Gasteiger partial charge on any atom is -0.0908 e. The Kier molecular flexibility index (Phi) is 7.28. The van der Waals surface area contributed by atoms with Crippen LogP contribution in [0.1, 0.15) is 70.7 Å². The van der Waals surface area contributed by atoms with Crippen molar-refractivity contribution in [2.75, 3.05) is 0 Å². The molecule has 0 aliphatic heterocycles. The summed E-state index contributed by atoms with van der Waals surface area (Å²) in [4.78, 5) is 0. The van der Waals surface area contributed by atoms with Crippen LogP contribution in [-0.2, 0) is 5.41 Å². The summed E-state index contributed by atoms with van der Waals surface area (Å²) in [6.45, 7) is 19.1. The van der Waals surface area contributed by atoms with Crippen LogP contribution >= 0.6 is 0 Å². The summed E-state index contributed by atoms with van der Waals surface area (Å²) in [5.74, 6) is 0. The summed E-state index contributed by atoms with van der Waals surface area (Å²) in [5, 5.41) is 0. The van der Waals surface area contributed by atoms with Crippen LogP contribution in [0.4, 0.5) is 0 Å². The fraction of sp³-hybridized carbons (Fsp3) is 0.273. The van der Waals surface area contributed by atoms with Gasteiger partial charge >= 0.3 is 0 Å². The lowest BCUT2D eigenvalue weighted by Crippen LogP contribution is -2.27. The molecular formula is C33H38. The Morgan fingerprint density at radius 1 is 0.758 bits per heavy atom. The third-order valence-corrected chi connectivity index (χ3v) is 6.52. The second-order valence-electron chi connectivity index (χ2n) is 8.74. The van der Waals surface area contributed by atoms with E-state index in [9.17, 15) is 0 Å². The second kappa shape index (κ2) is 9.79. The standard InChI is InChI=1S/C29H26.2C2H6/c1-5-6-13-24-20(2)21-11-7-9-14-25(21)29(24)26-15-10-8-12-22(26)23-16-18-28(3,4)19-17-27(23)29;2*1-2/h5-19H,2H2,1,3-4H3;2*1-2H3/b6-5-,24-13+;;. The molecule has 2 aromatic rings. The first-order valence-corrected chi connectivity index (χ1v) is 12.4. The molecule has 170 valence electrons. The molecule has 3 aliphatic carbocycles. The maximum absolute atomic E-state index is 4.54. The third kappa shape index (κ3) is 3.72. The van der Waals surface area contributed by atoms with Crippen LogP contribution in [0, 0.1) is 5.41 Å². The fourth-order valence-corrected chi connectivity index (χ4v) is 5.17. The highest BCUT2D eigenvalue weighted by atomic mass is 14.5. The van der Waals surface area contributed by atoms with E-state index in [0.29, 0.717) is 0 Å². The summed E-state index contributed by atoms with van der Waals surface area (Å²) >= 11 is 0. The van der Waals surface area contributed by atoms with E-state index < -0.39 is 0 Å². The van der Waals surface area contributed by atoms with Gasteiger partial charge in [-0.15, -0.1) is 0 Å². The predicted molar refractivity (Wildman–Crippen MR) is 147 cm³/mol. The van der Waals surface area contributed by atoms with Gasteiger partial charge in [0.15, 0.2) is 0 Å². The van der Waals surface area contributed by atoms with Gasteiger partial charge in [0.05, 0.1) is 5.41 Å². The Labute approximate surface area is 201 Å². The van der Waals surface area contributed by atoms with Crippen molar-refractivity contribution in [1.29, 1.82) is 0 Å². The van der Waals surface area contributed by atoms with Crippen molar-refractivity contribution in [3.05, 3.63) is 131 Å². The van der Waals surface area contributed by atoms with E-state index in [-0.39, 0.29) is 10.8 Å². The van der Waals surface area contributed by atoms with Gasteiger partial charge in [-0.3, -0.25) is 0 Å². The summed E-state index contributed by atoms with van der Waals surface area (Å²) < 4.78 is 0. The van der Waals surface area contributed by atoms with Crippen LogP contribution < -0.4 is 0 Å². The fourth-order valence-electron chi connectivity index (χ4n) is 5.17. The first kappa shape index (κ1) is 24.5. The van der Waals surface area contributed by atoms with Crippen LogP contribution in [0.5, 0.6) is 0 Å². The maximum atomic E-state index is 4.54. The molecule has 1 unspecified atom stereocenters. The Balaban J connectivity index is 0.000000728. The molecule has 0 bridgehead atoms. The molecular weight excluding hydrogens is 396 g/mol. The third-order valence-electron chi connectivity index (χ3n) is 6.52. The van der Waals surface area contributed by atoms with Gasteiger partial charge in [-0.05, 0) is 51.5 Å². The summed E-state index contributed by atoms with van der Waals surface area (Å²) in [7, 11) is 0. The molecule has 0 amide bonds. The Hall–Kier alpha value is -3.12. The van der Waals surface area contributed by atoms with Crippen molar-refractivity contribution in [1.82, 2.24) is 0 Å². The van der Waals surface area contributed by atoms with E-state index in [4.69, 9.17) is 0 Å². The molecule has 0 heteroatoms. The van der Waals surface area contributed by atoms with Crippen LogP contribution in [0.2, 0.25) is 0 Å². The quantitative estimate of drug-likeness (QED) is 0.419. The van der Waals surface area contributed by atoms with Gasteiger partial charge in [0.25, 0.3) is 0 Å². The predicted octanol–water partition coefficient (Wildman–Crippen LogP) is 9.47. The first-order chi connectivity index (χ1) is 16.0. The van der Waals surface area contributed by atoms with Gasteiger partial charge in [0.2, 0.25) is 0 Å². The molecule has 3 aliphatic rings. The average molecular weight is 435 g/mol. The molecule has 0 saturated carbocycles. The van der Waals surface area contributed by atoms with Crippen LogP contribution in [0.3, 0.4) is 0 Å². The maximum Gasteiger partial charge on any atom is 0.0725 e. The molecule has 5 rings (SSSR count). The molecule has 0 fully saturated rings. The molecule has 0 radical (unpaired) electrons. The van der Waals surface area contributed by atoms with Gasteiger partial charge in [0, 0.05) is 5.41 Å². The number of hydrogen-bond donors (Lipinski definition) is 0. The zero-order chi connectivity index (χ0) is 24.2. The van der Waals surface area contributed by atoms with Crippen molar-refractivity contribution in [2.45, 2.75) is 53.9 Å². The zero-order valence-electron chi connectivity index (χ0n) is 21.4. The normalized spacial score (nSPS) is 22.4. The Morgan fingerprint density at radius 2 is 1.30 bits per heavy atom. The van der Waals surface area contributed by atoms with Gasteiger partial charge in [-0.2, -0.15) is 0 Å². The SMILES string of the molecule is C=C1/C(=C\C=C/C)C2(C3=C(C=CC(C)(C)C=C3)c3ccccc32)c2ccccc21.CC.CC. The second-order valence-corrected chi connectivity index (χ2v) is 8.74. The lowest BCUT2D eigenvalue weighted by atomic mass is 9.69. The van der Waals surface area contributed by atoms with E-state index >= 15 is 0 Å².